The molecule has 1 aliphatic rings. The highest BCUT2D eigenvalue weighted by Crippen LogP contribution is 2.01. The van der Waals surface area contributed by atoms with Gasteiger partial charge in [0, 0.05) is 37.9 Å². The fraction of sp³-hybridized carbons (Fsp3) is 0.727. The highest BCUT2D eigenvalue weighted by Gasteiger charge is 2.04. The van der Waals surface area contributed by atoms with Gasteiger partial charge in [-0.25, -0.2) is 4.98 Å². The summed E-state index contributed by atoms with van der Waals surface area (Å²) in [4.78, 5) is 4.08. The maximum absolute atomic E-state index is 4.08. The number of hydrogen-bond acceptors (Lipinski definition) is 2. The van der Waals surface area contributed by atoms with Gasteiger partial charge >= 0.3 is 0 Å². The third kappa shape index (κ3) is 3.92. The van der Waals surface area contributed by atoms with Crippen molar-refractivity contribution in [2.45, 2.75) is 40.7 Å². The second-order valence-corrected chi connectivity index (χ2v) is 2.58. The number of nitrogens with zero attached hydrogens (tertiary/aromatic N) is 2. The summed E-state index contributed by atoms with van der Waals surface area (Å²) in [5, 5.41) is 3.33. The summed E-state index contributed by atoms with van der Waals surface area (Å²) in [5.74, 6) is 0. The number of rotatable bonds is 0. The molecule has 0 unspecified atom stereocenters. The summed E-state index contributed by atoms with van der Waals surface area (Å²) in [6.07, 6.45) is 4.97. The summed E-state index contributed by atoms with van der Waals surface area (Å²) in [6.45, 7) is 11.2. The highest BCUT2D eigenvalue weighted by atomic mass is 15.1. The lowest BCUT2D eigenvalue weighted by molar-refractivity contribution is 0.643. The van der Waals surface area contributed by atoms with Gasteiger partial charge in [-0.3, -0.25) is 0 Å². The third-order valence-corrected chi connectivity index (χ3v) is 1.89. The van der Waals surface area contributed by atoms with Gasteiger partial charge in [0.1, 0.15) is 0 Å². The van der Waals surface area contributed by atoms with E-state index in [2.05, 4.69) is 14.9 Å². The third-order valence-electron chi connectivity index (χ3n) is 1.89. The second-order valence-electron chi connectivity index (χ2n) is 2.58. The van der Waals surface area contributed by atoms with E-state index in [9.17, 15) is 0 Å². The van der Waals surface area contributed by atoms with Gasteiger partial charge in [0.05, 0.1) is 6.33 Å². The Morgan fingerprint density at radius 3 is 2.64 bits per heavy atom. The van der Waals surface area contributed by atoms with Gasteiger partial charge in [0.15, 0.2) is 0 Å². The van der Waals surface area contributed by atoms with Crippen LogP contribution < -0.4 is 5.32 Å². The van der Waals surface area contributed by atoms with E-state index in [-0.39, 0.29) is 0 Å². The Hall–Kier alpha value is -0.830. The average Bonchev–Trinajstić information content (AvgIpc) is 2.61. The Kier molecular flexibility index (Phi) is 8.24. The van der Waals surface area contributed by atoms with Crippen LogP contribution in [0.15, 0.2) is 12.5 Å². The highest BCUT2D eigenvalue weighted by molar-refractivity contribution is 5.00. The molecule has 0 fully saturated rings. The monoisotopic (exact) mass is 197 g/mol. The van der Waals surface area contributed by atoms with Crippen LogP contribution in [0.2, 0.25) is 0 Å². The molecular formula is C11H23N3. The van der Waals surface area contributed by atoms with Crippen LogP contribution in [0.3, 0.4) is 0 Å². The van der Waals surface area contributed by atoms with E-state index in [1.807, 2.05) is 40.2 Å². The van der Waals surface area contributed by atoms with Gasteiger partial charge in [0.2, 0.25) is 0 Å². The van der Waals surface area contributed by atoms with Gasteiger partial charge in [-0.15, -0.1) is 0 Å². The second kappa shape index (κ2) is 8.75. The van der Waals surface area contributed by atoms with Crippen molar-refractivity contribution < 1.29 is 0 Å². The minimum atomic E-state index is 1.06. The molecule has 0 bridgehead atoms. The van der Waals surface area contributed by atoms with Crippen molar-refractivity contribution in [2.75, 3.05) is 13.1 Å². The van der Waals surface area contributed by atoms with E-state index in [1.54, 1.807) is 0 Å². The number of fused-ring (bicyclic) bond motifs is 1. The quantitative estimate of drug-likeness (QED) is 0.690. The fourth-order valence-corrected chi connectivity index (χ4v) is 1.30. The lowest BCUT2D eigenvalue weighted by Crippen LogP contribution is -2.17. The summed E-state index contributed by atoms with van der Waals surface area (Å²) in [6, 6.07) is 0. The zero-order valence-corrected chi connectivity index (χ0v) is 9.88. The molecular weight excluding hydrogens is 174 g/mol. The molecule has 0 amide bonds. The van der Waals surface area contributed by atoms with Crippen LogP contribution in [0.5, 0.6) is 0 Å². The van der Waals surface area contributed by atoms with Crippen molar-refractivity contribution in [1.82, 2.24) is 14.9 Å². The van der Waals surface area contributed by atoms with Crippen LogP contribution in [0.4, 0.5) is 0 Å². The Morgan fingerprint density at radius 1 is 1.21 bits per heavy atom. The standard InChI is InChI=1S/C7H11N3.2C2H6/c1-2-8-3-4-10-6-9-5-7(1)10;2*1-2/h5-6,8H,1-4H2;2*1-2H3. The summed E-state index contributed by atoms with van der Waals surface area (Å²) in [7, 11) is 0. The van der Waals surface area contributed by atoms with Crippen molar-refractivity contribution in [3.8, 4) is 0 Å². The summed E-state index contributed by atoms with van der Waals surface area (Å²) >= 11 is 0. The topological polar surface area (TPSA) is 29.9 Å². The minimum absolute atomic E-state index is 1.06. The van der Waals surface area contributed by atoms with Crippen molar-refractivity contribution in [2.24, 2.45) is 0 Å². The molecule has 1 aliphatic heterocycles. The molecule has 3 nitrogen and oxygen atoms in total. The fourth-order valence-electron chi connectivity index (χ4n) is 1.30. The first kappa shape index (κ1) is 13.2. The molecule has 0 radical (unpaired) electrons. The molecule has 0 saturated heterocycles. The van der Waals surface area contributed by atoms with Gasteiger partial charge in [-0.05, 0) is 0 Å². The van der Waals surface area contributed by atoms with Gasteiger partial charge in [-0.1, -0.05) is 27.7 Å². The minimum Gasteiger partial charge on any atom is -0.333 e. The number of aromatic nitrogens is 2. The molecule has 14 heavy (non-hydrogen) atoms. The van der Waals surface area contributed by atoms with Crippen molar-refractivity contribution >= 4 is 0 Å². The molecule has 0 saturated carbocycles. The molecule has 82 valence electrons. The molecule has 2 rings (SSSR count). The normalized spacial score (nSPS) is 13.7. The Morgan fingerprint density at radius 2 is 1.93 bits per heavy atom. The largest absolute Gasteiger partial charge is 0.333 e. The first-order chi connectivity index (χ1) is 6.97. The predicted molar refractivity (Wildman–Crippen MR) is 61.5 cm³/mol. The molecule has 3 heteroatoms. The van der Waals surface area contributed by atoms with E-state index >= 15 is 0 Å². The van der Waals surface area contributed by atoms with E-state index in [0.29, 0.717) is 0 Å². The molecule has 1 aromatic heterocycles. The van der Waals surface area contributed by atoms with Gasteiger partial charge in [-0.2, -0.15) is 0 Å². The maximum atomic E-state index is 4.08. The van der Waals surface area contributed by atoms with Crippen LogP contribution in [0.25, 0.3) is 0 Å². The predicted octanol–water partition coefficient (Wildman–Crippen LogP) is 2.08. The zero-order chi connectivity index (χ0) is 10.8. The molecule has 0 aliphatic carbocycles. The zero-order valence-electron chi connectivity index (χ0n) is 9.88. The van der Waals surface area contributed by atoms with Crippen molar-refractivity contribution in [1.29, 1.82) is 0 Å². The molecule has 0 spiro atoms. The molecule has 0 atom stereocenters. The van der Waals surface area contributed by atoms with Crippen LogP contribution in [-0.2, 0) is 13.0 Å². The van der Waals surface area contributed by atoms with Crippen molar-refractivity contribution in [3.63, 3.8) is 0 Å². The molecule has 1 aromatic rings. The molecule has 0 aromatic carbocycles. The lowest BCUT2D eigenvalue weighted by atomic mass is 10.3. The first-order valence-corrected chi connectivity index (χ1v) is 5.66. The Labute approximate surface area is 87.5 Å². The van der Waals surface area contributed by atoms with Gasteiger partial charge < -0.3 is 9.88 Å². The van der Waals surface area contributed by atoms with E-state index in [0.717, 1.165) is 26.1 Å². The van der Waals surface area contributed by atoms with Crippen LogP contribution >= 0.6 is 0 Å². The lowest BCUT2D eigenvalue weighted by Gasteiger charge is -1.98. The maximum Gasteiger partial charge on any atom is 0.0948 e. The van der Waals surface area contributed by atoms with Gasteiger partial charge in [0.25, 0.3) is 0 Å². The van der Waals surface area contributed by atoms with E-state index < -0.39 is 0 Å². The smallest absolute Gasteiger partial charge is 0.0948 e. The number of imidazole rings is 1. The van der Waals surface area contributed by atoms with E-state index in [4.69, 9.17) is 0 Å². The van der Waals surface area contributed by atoms with Crippen molar-refractivity contribution in [3.05, 3.63) is 18.2 Å². The number of nitrogens with one attached hydrogen (secondary N) is 1. The van der Waals surface area contributed by atoms with Crippen LogP contribution in [-0.4, -0.2) is 22.6 Å². The molecule has 1 N–H and O–H groups in total. The Balaban J connectivity index is 0.000000379. The summed E-state index contributed by atoms with van der Waals surface area (Å²) < 4.78 is 2.21. The Bertz CT molecular complexity index is 198. The SMILES string of the molecule is CC.CC.c1ncn2c1CCNCC2. The van der Waals surface area contributed by atoms with Crippen LogP contribution in [0.1, 0.15) is 33.4 Å². The average molecular weight is 197 g/mol. The number of hydrogen-bond donors (Lipinski definition) is 1. The van der Waals surface area contributed by atoms with Crippen LogP contribution in [0, 0.1) is 0 Å². The van der Waals surface area contributed by atoms with E-state index in [1.165, 1.54) is 5.69 Å². The first-order valence-electron chi connectivity index (χ1n) is 5.66. The summed E-state index contributed by atoms with van der Waals surface area (Å²) in [5.41, 5.74) is 1.35. The molecule has 2 heterocycles.